The van der Waals surface area contributed by atoms with E-state index in [-0.39, 0.29) is 12.0 Å². The molecule has 4 heteroatoms. The summed E-state index contributed by atoms with van der Waals surface area (Å²) >= 11 is 0. The highest BCUT2D eigenvalue weighted by Gasteiger charge is 2.33. The van der Waals surface area contributed by atoms with Crippen LogP contribution in [-0.4, -0.2) is 50.3 Å². The molecule has 0 spiro atoms. The molecule has 1 aromatic rings. The second-order valence-electron chi connectivity index (χ2n) is 5.90. The molecule has 0 bridgehead atoms. The van der Waals surface area contributed by atoms with Gasteiger partial charge in [0.05, 0.1) is 20.3 Å². The molecular formula is C17H23NO3. The van der Waals surface area contributed by atoms with E-state index < -0.39 is 0 Å². The number of hydrogen-bond acceptors (Lipinski definition) is 4. The highest BCUT2D eigenvalue weighted by atomic mass is 16.5. The molecule has 0 aromatic heterocycles. The van der Waals surface area contributed by atoms with E-state index in [0.29, 0.717) is 19.1 Å². The minimum Gasteiger partial charge on any atom is -0.468 e. The van der Waals surface area contributed by atoms with Gasteiger partial charge in [-0.3, -0.25) is 9.69 Å². The van der Waals surface area contributed by atoms with Crippen LogP contribution in [-0.2, 0) is 20.7 Å². The molecule has 3 rings (SSSR count). The molecule has 1 aliphatic carbocycles. The van der Waals surface area contributed by atoms with Gasteiger partial charge in [0.25, 0.3) is 0 Å². The van der Waals surface area contributed by atoms with Crippen molar-refractivity contribution in [2.24, 2.45) is 0 Å². The van der Waals surface area contributed by atoms with Crippen LogP contribution in [0.25, 0.3) is 0 Å². The van der Waals surface area contributed by atoms with Crippen LogP contribution in [0.4, 0.5) is 0 Å². The summed E-state index contributed by atoms with van der Waals surface area (Å²) in [4.78, 5) is 14.2. The number of aryl methyl sites for hydroxylation is 1. The molecule has 114 valence electrons. The van der Waals surface area contributed by atoms with Gasteiger partial charge in [0.2, 0.25) is 0 Å². The van der Waals surface area contributed by atoms with Crippen LogP contribution in [0.5, 0.6) is 0 Å². The number of benzene rings is 1. The molecule has 1 saturated heterocycles. The quantitative estimate of drug-likeness (QED) is 0.798. The minimum absolute atomic E-state index is 0.182. The van der Waals surface area contributed by atoms with E-state index in [4.69, 9.17) is 9.47 Å². The summed E-state index contributed by atoms with van der Waals surface area (Å²) in [6.45, 7) is 2.86. The molecule has 1 fully saturated rings. The second-order valence-corrected chi connectivity index (χ2v) is 5.90. The van der Waals surface area contributed by atoms with Gasteiger partial charge < -0.3 is 9.47 Å². The standard InChI is InChI=1S/C17H23NO3/c1-20-17(19)16-12-21-10-9-18(16)11-14-7-4-6-13-5-2-3-8-15(13)14/h2-3,5,8,14,16H,4,6-7,9-12H2,1H3. The maximum absolute atomic E-state index is 11.9. The molecule has 2 aliphatic rings. The first-order valence-corrected chi connectivity index (χ1v) is 7.77. The molecule has 21 heavy (non-hydrogen) atoms. The third kappa shape index (κ3) is 3.11. The number of ether oxygens (including phenoxy) is 2. The topological polar surface area (TPSA) is 38.8 Å². The van der Waals surface area contributed by atoms with Gasteiger partial charge in [-0.1, -0.05) is 24.3 Å². The second kappa shape index (κ2) is 6.58. The predicted molar refractivity (Wildman–Crippen MR) is 80.3 cm³/mol. The zero-order valence-corrected chi connectivity index (χ0v) is 12.6. The monoisotopic (exact) mass is 289 g/mol. The number of esters is 1. The lowest BCUT2D eigenvalue weighted by atomic mass is 9.82. The number of rotatable bonds is 3. The van der Waals surface area contributed by atoms with Crippen LogP contribution in [0.2, 0.25) is 0 Å². The smallest absolute Gasteiger partial charge is 0.325 e. The first-order valence-electron chi connectivity index (χ1n) is 7.77. The summed E-state index contributed by atoms with van der Waals surface area (Å²) in [7, 11) is 1.45. The molecule has 1 heterocycles. The lowest BCUT2D eigenvalue weighted by Crippen LogP contribution is -2.51. The average molecular weight is 289 g/mol. The molecule has 0 N–H and O–H groups in total. The van der Waals surface area contributed by atoms with Crippen LogP contribution in [0.15, 0.2) is 24.3 Å². The maximum atomic E-state index is 11.9. The van der Waals surface area contributed by atoms with E-state index in [1.165, 1.54) is 37.5 Å². The highest BCUT2D eigenvalue weighted by Crippen LogP contribution is 2.32. The van der Waals surface area contributed by atoms with E-state index >= 15 is 0 Å². The molecular weight excluding hydrogens is 266 g/mol. The molecule has 2 unspecified atom stereocenters. The third-order valence-corrected chi connectivity index (χ3v) is 4.66. The first kappa shape index (κ1) is 14.5. The fraction of sp³-hybridized carbons (Fsp3) is 0.588. The molecule has 1 aromatic carbocycles. The van der Waals surface area contributed by atoms with Gasteiger partial charge in [0.15, 0.2) is 0 Å². The van der Waals surface area contributed by atoms with Crippen LogP contribution < -0.4 is 0 Å². The van der Waals surface area contributed by atoms with Gasteiger partial charge in [-0.15, -0.1) is 0 Å². The Balaban J connectivity index is 1.75. The van der Waals surface area contributed by atoms with Crippen molar-refractivity contribution in [3.63, 3.8) is 0 Å². The van der Waals surface area contributed by atoms with Gasteiger partial charge in [0, 0.05) is 13.1 Å². The summed E-state index contributed by atoms with van der Waals surface area (Å²) in [6, 6.07) is 8.46. The Labute approximate surface area is 126 Å². The predicted octanol–water partition coefficient (Wildman–Crippen LogP) is 1.98. The van der Waals surface area contributed by atoms with Crippen LogP contribution in [0, 0.1) is 0 Å². The van der Waals surface area contributed by atoms with Gasteiger partial charge in [-0.05, 0) is 36.3 Å². The third-order valence-electron chi connectivity index (χ3n) is 4.66. The molecule has 0 amide bonds. The SMILES string of the molecule is COC(=O)C1COCCN1CC1CCCc2ccccc21. The molecule has 1 aliphatic heterocycles. The molecule has 0 radical (unpaired) electrons. The number of morpholine rings is 1. The zero-order valence-electron chi connectivity index (χ0n) is 12.6. The number of carbonyl (C=O) groups excluding carboxylic acids is 1. The highest BCUT2D eigenvalue weighted by molar-refractivity contribution is 5.75. The van der Waals surface area contributed by atoms with Gasteiger partial charge in [-0.2, -0.15) is 0 Å². The van der Waals surface area contributed by atoms with E-state index in [9.17, 15) is 4.79 Å². The van der Waals surface area contributed by atoms with Crippen LogP contribution in [0.3, 0.4) is 0 Å². The van der Waals surface area contributed by atoms with E-state index in [1.54, 1.807) is 0 Å². The van der Waals surface area contributed by atoms with E-state index in [1.807, 2.05) is 0 Å². The van der Waals surface area contributed by atoms with Crippen molar-refractivity contribution in [3.05, 3.63) is 35.4 Å². The summed E-state index contributed by atoms with van der Waals surface area (Å²) in [5, 5.41) is 0. The number of nitrogens with zero attached hydrogens (tertiary/aromatic N) is 1. The number of methoxy groups -OCH3 is 1. The normalized spacial score (nSPS) is 26.1. The van der Waals surface area contributed by atoms with Crippen molar-refractivity contribution < 1.29 is 14.3 Å². The summed E-state index contributed by atoms with van der Waals surface area (Å²) in [5.74, 6) is 0.332. The fourth-order valence-corrected chi connectivity index (χ4v) is 3.54. The summed E-state index contributed by atoms with van der Waals surface area (Å²) in [6.07, 6.45) is 3.60. The number of fused-ring (bicyclic) bond motifs is 1. The Morgan fingerprint density at radius 3 is 3.14 bits per heavy atom. The first-order chi connectivity index (χ1) is 10.3. The summed E-state index contributed by atoms with van der Waals surface area (Å²) in [5.41, 5.74) is 2.93. The Bertz CT molecular complexity index is 503. The molecule has 0 saturated carbocycles. The Kier molecular flexibility index (Phi) is 4.56. The summed E-state index contributed by atoms with van der Waals surface area (Å²) < 4.78 is 10.4. The average Bonchev–Trinajstić information content (AvgIpc) is 2.55. The molecule has 2 atom stereocenters. The Hall–Kier alpha value is -1.39. The fourth-order valence-electron chi connectivity index (χ4n) is 3.54. The van der Waals surface area contributed by atoms with Gasteiger partial charge >= 0.3 is 5.97 Å². The van der Waals surface area contributed by atoms with Crippen molar-refractivity contribution in [2.45, 2.75) is 31.2 Å². The molecule has 4 nitrogen and oxygen atoms in total. The van der Waals surface area contributed by atoms with Crippen molar-refractivity contribution in [1.82, 2.24) is 4.90 Å². The van der Waals surface area contributed by atoms with Crippen molar-refractivity contribution >= 4 is 5.97 Å². The van der Waals surface area contributed by atoms with Crippen LogP contribution >= 0.6 is 0 Å². The van der Waals surface area contributed by atoms with Crippen LogP contribution in [0.1, 0.15) is 29.9 Å². The maximum Gasteiger partial charge on any atom is 0.325 e. The minimum atomic E-state index is -0.252. The zero-order chi connectivity index (χ0) is 14.7. The van der Waals surface area contributed by atoms with Gasteiger partial charge in [-0.25, -0.2) is 0 Å². The number of carbonyl (C=O) groups is 1. The van der Waals surface area contributed by atoms with Crippen molar-refractivity contribution in [1.29, 1.82) is 0 Å². The lowest BCUT2D eigenvalue weighted by molar-refractivity contribution is -0.153. The Morgan fingerprint density at radius 2 is 2.29 bits per heavy atom. The lowest BCUT2D eigenvalue weighted by Gasteiger charge is -2.37. The van der Waals surface area contributed by atoms with Crippen molar-refractivity contribution in [3.8, 4) is 0 Å². The van der Waals surface area contributed by atoms with E-state index in [0.717, 1.165) is 13.1 Å². The number of hydrogen-bond donors (Lipinski definition) is 0. The van der Waals surface area contributed by atoms with Crippen molar-refractivity contribution in [2.75, 3.05) is 33.4 Å². The van der Waals surface area contributed by atoms with Gasteiger partial charge in [0.1, 0.15) is 6.04 Å². The van der Waals surface area contributed by atoms with E-state index in [2.05, 4.69) is 29.2 Å². The largest absolute Gasteiger partial charge is 0.468 e. The Morgan fingerprint density at radius 1 is 1.43 bits per heavy atom.